The fourth-order valence-electron chi connectivity index (χ4n) is 2.37. The van der Waals surface area contributed by atoms with Gasteiger partial charge in [0, 0.05) is 18.3 Å². The molecule has 0 atom stereocenters. The SMILES string of the molecule is COc1ccc(N(CC(=O)Nc2ccc(C)c(C)c2)C(C)=O)cc1Cl. The van der Waals surface area contributed by atoms with Gasteiger partial charge < -0.3 is 15.0 Å². The van der Waals surface area contributed by atoms with Crippen molar-refractivity contribution >= 4 is 34.8 Å². The summed E-state index contributed by atoms with van der Waals surface area (Å²) >= 11 is 6.11. The van der Waals surface area contributed by atoms with Crippen LogP contribution in [0.3, 0.4) is 0 Å². The minimum Gasteiger partial charge on any atom is -0.495 e. The van der Waals surface area contributed by atoms with Crippen LogP contribution in [0.25, 0.3) is 0 Å². The van der Waals surface area contributed by atoms with Crippen LogP contribution in [0.15, 0.2) is 36.4 Å². The van der Waals surface area contributed by atoms with E-state index in [4.69, 9.17) is 16.3 Å². The Labute approximate surface area is 152 Å². The molecule has 2 amide bonds. The molecule has 2 aromatic rings. The molecule has 25 heavy (non-hydrogen) atoms. The molecule has 132 valence electrons. The number of amides is 2. The number of ether oxygens (including phenoxy) is 1. The summed E-state index contributed by atoms with van der Waals surface area (Å²) in [5.74, 6) is -0.0321. The van der Waals surface area contributed by atoms with Gasteiger partial charge in [-0.1, -0.05) is 17.7 Å². The quantitative estimate of drug-likeness (QED) is 0.878. The van der Waals surface area contributed by atoms with Crippen molar-refractivity contribution in [1.82, 2.24) is 0 Å². The van der Waals surface area contributed by atoms with E-state index in [1.807, 2.05) is 32.0 Å². The molecular formula is C19H21ClN2O3. The number of nitrogens with one attached hydrogen (secondary N) is 1. The van der Waals surface area contributed by atoms with E-state index in [9.17, 15) is 9.59 Å². The van der Waals surface area contributed by atoms with Gasteiger partial charge in [-0.25, -0.2) is 0 Å². The highest BCUT2D eigenvalue weighted by atomic mass is 35.5. The largest absolute Gasteiger partial charge is 0.495 e. The van der Waals surface area contributed by atoms with Crippen LogP contribution < -0.4 is 15.0 Å². The summed E-state index contributed by atoms with van der Waals surface area (Å²) in [4.78, 5) is 25.7. The molecule has 0 unspecified atom stereocenters. The number of methoxy groups -OCH3 is 1. The molecule has 1 N–H and O–H groups in total. The van der Waals surface area contributed by atoms with E-state index in [1.165, 1.54) is 18.9 Å². The molecule has 0 aromatic heterocycles. The zero-order valence-electron chi connectivity index (χ0n) is 14.7. The van der Waals surface area contributed by atoms with Crippen molar-refractivity contribution in [2.75, 3.05) is 23.9 Å². The fraction of sp³-hybridized carbons (Fsp3) is 0.263. The molecule has 0 aliphatic heterocycles. The second kappa shape index (κ2) is 8.03. The highest BCUT2D eigenvalue weighted by Gasteiger charge is 2.17. The van der Waals surface area contributed by atoms with Gasteiger partial charge in [-0.3, -0.25) is 9.59 Å². The van der Waals surface area contributed by atoms with E-state index in [2.05, 4.69) is 5.32 Å². The van der Waals surface area contributed by atoms with E-state index in [0.717, 1.165) is 11.1 Å². The number of halogens is 1. The van der Waals surface area contributed by atoms with E-state index in [0.29, 0.717) is 22.1 Å². The van der Waals surface area contributed by atoms with Crippen LogP contribution in [0.2, 0.25) is 5.02 Å². The first-order valence-electron chi connectivity index (χ1n) is 7.80. The second-order valence-corrected chi connectivity index (χ2v) is 6.18. The summed E-state index contributed by atoms with van der Waals surface area (Å²) < 4.78 is 5.11. The van der Waals surface area contributed by atoms with E-state index < -0.39 is 0 Å². The highest BCUT2D eigenvalue weighted by Crippen LogP contribution is 2.29. The summed E-state index contributed by atoms with van der Waals surface area (Å²) in [7, 11) is 1.51. The maximum absolute atomic E-state index is 12.3. The third-order valence-corrected chi connectivity index (χ3v) is 4.21. The van der Waals surface area contributed by atoms with Crippen LogP contribution >= 0.6 is 11.6 Å². The minimum absolute atomic E-state index is 0.106. The topological polar surface area (TPSA) is 58.6 Å². The van der Waals surface area contributed by atoms with Crippen molar-refractivity contribution < 1.29 is 14.3 Å². The average Bonchev–Trinajstić information content (AvgIpc) is 2.55. The molecular weight excluding hydrogens is 340 g/mol. The lowest BCUT2D eigenvalue weighted by Gasteiger charge is -2.21. The van der Waals surface area contributed by atoms with Crippen LogP contribution in [-0.2, 0) is 9.59 Å². The Hall–Kier alpha value is -2.53. The number of nitrogens with zero attached hydrogens (tertiary/aromatic N) is 1. The summed E-state index contributed by atoms with van der Waals surface area (Å²) in [6.45, 7) is 5.28. The summed E-state index contributed by atoms with van der Waals surface area (Å²) in [6.07, 6.45) is 0. The Morgan fingerprint density at radius 1 is 1.12 bits per heavy atom. The summed E-state index contributed by atoms with van der Waals surface area (Å²) in [6, 6.07) is 10.6. The molecule has 0 aliphatic rings. The first-order chi connectivity index (χ1) is 11.8. The van der Waals surface area contributed by atoms with E-state index >= 15 is 0 Å². The van der Waals surface area contributed by atoms with Crippen molar-refractivity contribution in [2.45, 2.75) is 20.8 Å². The molecule has 2 aromatic carbocycles. The molecule has 5 nitrogen and oxygen atoms in total. The normalized spacial score (nSPS) is 10.3. The number of aryl methyl sites for hydroxylation is 2. The van der Waals surface area contributed by atoms with Crippen molar-refractivity contribution in [3.05, 3.63) is 52.5 Å². The van der Waals surface area contributed by atoms with E-state index in [1.54, 1.807) is 18.2 Å². The van der Waals surface area contributed by atoms with Crippen LogP contribution in [-0.4, -0.2) is 25.5 Å². The van der Waals surface area contributed by atoms with Crippen LogP contribution in [0.5, 0.6) is 5.75 Å². The van der Waals surface area contributed by atoms with Crippen LogP contribution in [0.1, 0.15) is 18.1 Å². The number of anilines is 2. The number of hydrogen-bond acceptors (Lipinski definition) is 3. The molecule has 0 bridgehead atoms. The van der Waals surface area contributed by atoms with Gasteiger partial charge in [0.25, 0.3) is 0 Å². The Kier molecular flexibility index (Phi) is 6.04. The van der Waals surface area contributed by atoms with Crippen molar-refractivity contribution in [2.24, 2.45) is 0 Å². The molecule has 0 spiro atoms. The molecule has 0 saturated carbocycles. The second-order valence-electron chi connectivity index (χ2n) is 5.77. The third kappa shape index (κ3) is 4.73. The van der Waals surface area contributed by atoms with Crippen molar-refractivity contribution in [3.8, 4) is 5.75 Å². The Morgan fingerprint density at radius 3 is 2.40 bits per heavy atom. The standard InChI is InChI=1S/C19H21ClN2O3/c1-12-5-6-15(9-13(12)2)21-19(24)11-22(14(3)23)16-7-8-18(25-4)17(20)10-16/h5-10H,11H2,1-4H3,(H,21,24). The molecule has 0 fully saturated rings. The number of rotatable bonds is 5. The number of carbonyl (C=O) groups is 2. The monoisotopic (exact) mass is 360 g/mol. The third-order valence-electron chi connectivity index (χ3n) is 3.92. The van der Waals surface area contributed by atoms with Crippen molar-refractivity contribution in [3.63, 3.8) is 0 Å². The van der Waals surface area contributed by atoms with Gasteiger partial charge in [-0.2, -0.15) is 0 Å². The van der Waals surface area contributed by atoms with Gasteiger partial charge in [-0.05, 0) is 55.3 Å². The zero-order chi connectivity index (χ0) is 18.6. The minimum atomic E-state index is -0.287. The lowest BCUT2D eigenvalue weighted by Crippen LogP contribution is -2.36. The fourth-order valence-corrected chi connectivity index (χ4v) is 2.62. The van der Waals surface area contributed by atoms with Gasteiger partial charge in [0.2, 0.25) is 11.8 Å². The zero-order valence-corrected chi connectivity index (χ0v) is 15.5. The Balaban J connectivity index is 2.15. The van der Waals surface area contributed by atoms with Gasteiger partial charge in [-0.15, -0.1) is 0 Å². The van der Waals surface area contributed by atoms with Gasteiger partial charge in [0.05, 0.1) is 12.1 Å². The molecule has 6 heteroatoms. The predicted octanol–water partition coefficient (Wildman–Crippen LogP) is 3.96. The van der Waals surface area contributed by atoms with Gasteiger partial charge in [0.1, 0.15) is 12.3 Å². The van der Waals surface area contributed by atoms with E-state index in [-0.39, 0.29) is 18.4 Å². The maximum atomic E-state index is 12.3. The Morgan fingerprint density at radius 2 is 1.84 bits per heavy atom. The van der Waals surface area contributed by atoms with Gasteiger partial charge >= 0.3 is 0 Å². The van der Waals surface area contributed by atoms with Crippen molar-refractivity contribution in [1.29, 1.82) is 0 Å². The maximum Gasteiger partial charge on any atom is 0.244 e. The van der Waals surface area contributed by atoms with Gasteiger partial charge in [0.15, 0.2) is 0 Å². The summed E-state index contributed by atoms with van der Waals surface area (Å²) in [5, 5.41) is 3.19. The highest BCUT2D eigenvalue weighted by molar-refractivity contribution is 6.32. The van der Waals surface area contributed by atoms with Crippen LogP contribution in [0, 0.1) is 13.8 Å². The lowest BCUT2D eigenvalue weighted by molar-refractivity contribution is -0.120. The first-order valence-corrected chi connectivity index (χ1v) is 8.18. The average molecular weight is 361 g/mol. The first kappa shape index (κ1) is 18.8. The smallest absolute Gasteiger partial charge is 0.244 e. The molecule has 0 saturated heterocycles. The predicted molar refractivity (Wildman–Crippen MR) is 101 cm³/mol. The number of benzene rings is 2. The lowest BCUT2D eigenvalue weighted by atomic mass is 10.1. The summed E-state index contributed by atoms with van der Waals surface area (Å²) in [5.41, 5.74) is 3.47. The Bertz CT molecular complexity index is 805. The molecule has 0 heterocycles. The molecule has 2 rings (SSSR count). The van der Waals surface area contributed by atoms with Crippen LogP contribution in [0.4, 0.5) is 11.4 Å². The number of hydrogen-bond donors (Lipinski definition) is 1. The number of carbonyl (C=O) groups excluding carboxylic acids is 2. The molecule has 0 radical (unpaired) electrons. The molecule has 0 aliphatic carbocycles.